The highest BCUT2D eigenvalue weighted by Crippen LogP contribution is 2.26. The molecule has 1 fully saturated rings. The maximum atomic E-state index is 11.3. The Labute approximate surface area is 92.8 Å². The SMILES string of the molecule is COC(=O)c1ccc(N2CCNCC2)s1. The Balaban J connectivity index is 2.08. The fraction of sp³-hybridized carbons (Fsp3) is 0.500. The molecular weight excluding hydrogens is 212 g/mol. The molecular formula is C10H14N2O2S. The van der Waals surface area contributed by atoms with E-state index in [0.29, 0.717) is 4.88 Å². The predicted octanol–water partition coefficient (Wildman–Crippen LogP) is 0.944. The molecule has 1 aliphatic heterocycles. The van der Waals surface area contributed by atoms with E-state index in [4.69, 9.17) is 0 Å². The molecule has 1 aromatic rings. The zero-order valence-corrected chi connectivity index (χ0v) is 9.47. The van der Waals surface area contributed by atoms with Crippen molar-refractivity contribution in [1.82, 2.24) is 5.32 Å². The molecule has 0 aromatic carbocycles. The van der Waals surface area contributed by atoms with Gasteiger partial charge in [0, 0.05) is 26.2 Å². The van der Waals surface area contributed by atoms with Gasteiger partial charge in [-0.25, -0.2) is 4.79 Å². The van der Waals surface area contributed by atoms with E-state index in [1.807, 2.05) is 12.1 Å². The first-order chi connectivity index (χ1) is 7.31. The highest BCUT2D eigenvalue weighted by Gasteiger charge is 2.15. The van der Waals surface area contributed by atoms with Gasteiger partial charge in [0.1, 0.15) is 4.88 Å². The Hall–Kier alpha value is -1.07. The molecule has 4 nitrogen and oxygen atoms in total. The second-order valence-corrected chi connectivity index (χ2v) is 4.43. The number of nitrogens with zero attached hydrogens (tertiary/aromatic N) is 1. The van der Waals surface area contributed by atoms with Crippen LogP contribution in [-0.4, -0.2) is 39.3 Å². The summed E-state index contributed by atoms with van der Waals surface area (Å²) in [5.41, 5.74) is 0. The summed E-state index contributed by atoms with van der Waals surface area (Å²) in [5.74, 6) is -0.249. The largest absolute Gasteiger partial charge is 0.465 e. The summed E-state index contributed by atoms with van der Waals surface area (Å²) in [5, 5.41) is 4.45. The molecule has 0 bridgehead atoms. The lowest BCUT2D eigenvalue weighted by Crippen LogP contribution is -2.43. The average Bonchev–Trinajstić information content (AvgIpc) is 2.78. The number of carbonyl (C=O) groups is 1. The van der Waals surface area contributed by atoms with Crippen molar-refractivity contribution in [2.75, 3.05) is 38.2 Å². The lowest BCUT2D eigenvalue weighted by atomic mass is 10.4. The van der Waals surface area contributed by atoms with Gasteiger partial charge < -0.3 is 15.0 Å². The first-order valence-corrected chi connectivity index (χ1v) is 5.77. The first kappa shape index (κ1) is 10.4. The smallest absolute Gasteiger partial charge is 0.348 e. The van der Waals surface area contributed by atoms with Crippen LogP contribution in [0.4, 0.5) is 5.00 Å². The third kappa shape index (κ3) is 2.30. The lowest BCUT2D eigenvalue weighted by Gasteiger charge is -2.27. The molecule has 15 heavy (non-hydrogen) atoms. The van der Waals surface area contributed by atoms with Gasteiger partial charge >= 0.3 is 5.97 Å². The fourth-order valence-corrected chi connectivity index (χ4v) is 2.57. The summed E-state index contributed by atoms with van der Waals surface area (Å²) < 4.78 is 4.68. The Kier molecular flexibility index (Phi) is 3.23. The Bertz CT molecular complexity index is 345. The molecule has 2 rings (SSSR count). The van der Waals surface area contributed by atoms with Crippen LogP contribution in [-0.2, 0) is 4.74 Å². The van der Waals surface area contributed by atoms with Crippen molar-refractivity contribution in [2.45, 2.75) is 0 Å². The molecule has 0 unspecified atom stereocenters. The van der Waals surface area contributed by atoms with Gasteiger partial charge in [0.2, 0.25) is 0 Å². The topological polar surface area (TPSA) is 41.6 Å². The second-order valence-electron chi connectivity index (χ2n) is 3.37. The molecule has 0 aliphatic carbocycles. The van der Waals surface area contributed by atoms with E-state index in [1.165, 1.54) is 18.4 Å². The molecule has 1 saturated heterocycles. The van der Waals surface area contributed by atoms with Crippen molar-refractivity contribution in [1.29, 1.82) is 0 Å². The second kappa shape index (κ2) is 4.63. The highest BCUT2D eigenvalue weighted by molar-refractivity contribution is 7.17. The molecule has 82 valence electrons. The molecule has 2 heterocycles. The zero-order valence-electron chi connectivity index (χ0n) is 8.66. The zero-order chi connectivity index (χ0) is 10.7. The van der Waals surface area contributed by atoms with Gasteiger partial charge in [-0.2, -0.15) is 0 Å². The summed E-state index contributed by atoms with van der Waals surface area (Å²) >= 11 is 1.50. The Morgan fingerprint density at radius 1 is 1.47 bits per heavy atom. The highest BCUT2D eigenvalue weighted by atomic mass is 32.1. The summed E-state index contributed by atoms with van der Waals surface area (Å²) in [6, 6.07) is 3.82. The van der Waals surface area contributed by atoms with E-state index in [-0.39, 0.29) is 5.97 Å². The predicted molar refractivity (Wildman–Crippen MR) is 60.7 cm³/mol. The summed E-state index contributed by atoms with van der Waals surface area (Å²) in [6.45, 7) is 4.01. The molecule has 0 atom stereocenters. The molecule has 0 radical (unpaired) electrons. The number of piperazine rings is 1. The van der Waals surface area contributed by atoms with E-state index in [1.54, 1.807) is 0 Å². The van der Waals surface area contributed by atoms with Crippen LogP contribution in [0, 0.1) is 0 Å². The van der Waals surface area contributed by atoms with Crippen LogP contribution < -0.4 is 10.2 Å². The van der Waals surface area contributed by atoms with Gasteiger partial charge in [0.15, 0.2) is 0 Å². The van der Waals surface area contributed by atoms with Crippen LogP contribution in [0.1, 0.15) is 9.67 Å². The van der Waals surface area contributed by atoms with Crippen LogP contribution >= 0.6 is 11.3 Å². The number of hydrogen-bond donors (Lipinski definition) is 1. The maximum absolute atomic E-state index is 11.3. The molecule has 1 N–H and O–H groups in total. The van der Waals surface area contributed by atoms with Crippen molar-refractivity contribution < 1.29 is 9.53 Å². The minimum Gasteiger partial charge on any atom is -0.465 e. The van der Waals surface area contributed by atoms with E-state index in [2.05, 4.69) is 15.0 Å². The van der Waals surface area contributed by atoms with Crippen molar-refractivity contribution >= 4 is 22.3 Å². The molecule has 1 aliphatic rings. The van der Waals surface area contributed by atoms with Gasteiger partial charge in [-0.15, -0.1) is 11.3 Å². The minimum absolute atomic E-state index is 0.249. The molecule has 1 aromatic heterocycles. The average molecular weight is 226 g/mol. The molecule has 0 amide bonds. The van der Waals surface area contributed by atoms with Crippen LogP contribution in [0.25, 0.3) is 0 Å². The molecule has 0 spiro atoms. The third-order valence-corrected chi connectivity index (χ3v) is 3.53. The first-order valence-electron chi connectivity index (χ1n) is 4.95. The monoisotopic (exact) mass is 226 g/mol. The Morgan fingerprint density at radius 2 is 2.20 bits per heavy atom. The summed E-state index contributed by atoms with van der Waals surface area (Å²) in [6.07, 6.45) is 0. The normalized spacial score (nSPS) is 16.5. The number of hydrogen-bond acceptors (Lipinski definition) is 5. The Morgan fingerprint density at radius 3 is 2.87 bits per heavy atom. The number of anilines is 1. The number of rotatable bonds is 2. The maximum Gasteiger partial charge on any atom is 0.348 e. The number of nitrogens with one attached hydrogen (secondary N) is 1. The van der Waals surface area contributed by atoms with E-state index in [9.17, 15) is 4.79 Å². The van der Waals surface area contributed by atoms with Gasteiger partial charge in [0.25, 0.3) is 0 Å². The quantitative estimate of drug-likeness (QED) is 0.762. The number of carbonyl (C=O) groups excluding carboxylic acids is 1. The van der Waals surface area contributed by atoms with E-state index >= 15 is 0 Å². The van der Waals surface area contributed by atoms with Gasteiger partial charge in [0.05, 0.1) is 12.1 Å². The van der Waals surface area contributed by atoms with Crippen LogP contribution in [0.2, 0.25) is 0 Å². The van der Waals surface area contributed by atoms with Gasteiger partial charge in [-0.05, 0) is 12.1 Å². The number of thiophene rings is 1. The lowest BCUT2D eigenvalue weighted by molar-refractivity contribution is 0.0606. The van der Waals surface area contributed by atoms with E-state index < -0.39 is 0 Å². The summed E-state index contributed by atoms with van der Waals surface area (Å²) in [7, 11) is 1.41. The number of esters is 1. The minimum atomic E-state index is -0.249. The number of methoxy groups -OCH3 is 1. The van der Waals surface area contributed by atoms with Crippen molar-refractivity contribution in [2.24, 2.45) is 0 Å². The van der Waals surface area contributed by atoms with Crippen molar-refractivity contribution in [3.8, 4) is 0 Å². The van der Waals surface area contributed by atoms with Crippen molar-refractivity contribution in [3.63, 3.8) is 0 Å². The number of ether oxygens (including phenoxy) is 1. The fourth-order valence-electron chi connectivity index (χ4n) is 1.59. The standard InChI is InChI=1S/C10H14N2O2S/c1-14-10(13)8-2-3-9(15-8)12-6-4-11-5-7-12/h2-3,11H,4-7H2,1H3. The molecule has 0 saturated carbocycles. The third-order valence-electron chi connectivity index (χ3n) is 2.41. The van der Waals surface area contributed by atoms with Crippen LogP contribution in [0.5, 0.6) is 0 Å². The van der Waals surface area contributed by atoms with Gasteiger partial charge in [-0.3, -0.25) is 0 Å². The van der Waals surface area contributed by atoms with Crippen LogP contribution in [0.3, 0.4) is 0 Å². The van der Waals surface area contributed by atoms with Crippen LogP contribution in [0.15, 0.2) is 12.1 Å². The summed E-state index contributed by atoms with van der Waals surface area (Å²) in [4.78, 5) is 14.2. The van der Waals surface area contributed by atoms with Gasteiger partial charge in [-0.1, -0.05) is 0 Å². The van der Waals surface area contributed by atoms with Crippen molar-refractivity contribution in [3.05, 3.63) is 17.0 Å². The molecule has 5 heteroatoms. The van der Waals surface area contributed by atoms with E-state index in [0.717, 1.165) is 31.2 Å².